The first kappa shape index (κ1) is 10.0. The van der Waals surface area contributed by atoms with Gasteiger partial charge in [-0.2, -0.15) is 0 Å². The summed E-state index contributed by atoms with van der Waals surface area (Å²) in [5.41, 5.74) is 7.83. The number of aryl methyl sites for hydroxylation is 1. The highest BCUT2D eigenvalue weighted by molar-refractivity contribution is 5.77. The van der Waals surface area contributed by atoms with E-state index in [9.17, 15) is 4.79 Å². The van der Waals surface area contributed by atoms with Gasteiger partial charge in [-0.05, 0) is 42.5 Å². The van der Waals surface area contributed by atoms with Crippen molar-refractivity contribution in [3.63, 3.8) is 0 Å². The normalized spacial score (nSPS) is 19.4. The topological polar surface area (TPSA) is 52.3 Å². The van der Waals surface area contributed by atoms with E-state index in [1.54, 1.807) is 7.11 Å². The van der Waals surface area contributed by atoms with Gasteiger partial charge >= 0.3 is 0 Å². The van der Waals surface area contributed by atoms with E-state index in [1.807, 2.05) is 18.2 Å². The molecule has 0 aliphatic heterocycles. The van der Waals surface area contributed by atoms with Crippen LogP contribution in [0.4, 0.5) is 0 Å². The molecular weight excluding hydrogens is 190 g/mol. The van der Waals surface area contributed by atoms with Crippen LogP contribution in [0.25, 0.3) is 0 Å². The van der Waals surface area contributed by atoms with Crippen molar-refractivity contribution in [2.45, 2.75) is 19.3 Å². The molecule has 0 spiro atoms. The number of hydrogen-bond donors (Lipinski definition) is 1. The van der Waals surface area contributed by atoms with Crippen LogP contribution in [0, 0.1) is 5.92 Å². The van der Waals surface area contributed by atoms with Crippen LogP contribution in [0.5, 0.6) is 5.75 Å². The average molecular weight is 205 g/mol. The van der Waals surface area contributed by atoms with Gasteiger partial charge in [-0.15, -0.1) is 0 Å². The molecule has 1 aliphatic rings. The van der Waals surface area contributed by atoms with Crippen LogP contribution in [0.15, 0.2) is 18.2 Å². The SMILES string of the molecule is COc1ccc2c(c1)CC[C@H](C(N)=O)C2. The number of methoxy groups -OCH3 is 1. The van der Waals surface area contributed by atoms with Crippen LogP contribution in [0.1, 0.15) is 17.5 Å². The lowest BCUT2D eigenvalue weighted by atomic mass is 9.83. The van der Waals surface area contributed by atoms with Crippen LogP contribution in [0.3, 0.4) is 0 Å². The average Bonchev–Trinajstić information content (AvgIpc) is 2.27. The maximum absolute atomic E-state index is 11.1. The molecular formula is C12H15NO2. The Balaban J connectivity index is 2.24. The number of amides is 1. The van der Waals surface area contributed by atoms with E-state index in [-0.39, 0.29) is 11.8 Å². The maximum atomic E-state index is 11.1. The summed E-state index contributed by atoms with van der Waals surface area (Å²) >= 11 is 0. The Hall–Kier alpha value is -1.51. The minimum atomic E-state index is -0.184. The molecule has 80 valence electrons. The van der Waals surface area contributed by atoms with Crippen LogP contribution in [-0.4, -0.2) is 13.0 Å². The van der Waals surface area contributed by atoms with Gasteiger partial charge in [0.2, 0.25) is 5.91 Å². The number of rotatable bonds is 2. The van der Waals surface area contributed by atoms with Crippen molar-refractivity contribution < 1.29 is 9.53 Å². The lowest BCUT2D eigenvalue weighted by Gasteiger charge is -2.22. The van der Waals surface area contributed by atoms with Crippen molar-refractivity contribution in [2.24, 2.45) is 11.7 Å². The van der Waals surface area contributed by atoms with E-state index in [4.69, 9.17) is 10.5 Å². The number of benzene rings is 1. The van der Waals surface area contributed by atoms with Crippen molar-refractivity contribution in [3.05, 3.63) is 29.3 Å². The first-order valence-electron chi connectivity index (χ1n) is 5.16. The van der Waals surface area contributed by atoms with Gasteiger partial charge in [0.15, 0.2) is 0 Å². The van der Waals surface area contributed by atoms with E-state index < -0.39 is 0 Å². The molecule has 1 aromatic carbocycles. The molecule has 0 heterocycles. The Morgan fingerprint density at radius 3 is 2.93 bits per heavy atom. The molecule has 15 heavy (non-hydrogen) atoms. The van der Waals surface area contributed by atoms with Gasteiger partial charge in [0.1, 0.15) is 5.75 Å². The van der Waals surface area contributed by atoms with Crippen molar-refractivity contribution in [1.29, 1.82) is 0 Å². The molecule has 0 radical (unpaired) electrons. The first-order chi connectivity index (χ1) is 7.20. The van der Waals surface area contributed by atoms with Crippen molar-refractivity contribution in [3.8, 4) is 5.75 Å². The van der Waals surface area contributed by atoms with E-state index >= 15 is 0 Å². The second-order valence-corrected chi connectivity index (χ2v) is 3.98. The van der Waals surface area contributed by atoms with Crippen LogP contribution >= 0.6 is 0 Å². The Morgan fingerprint density at radius 1 is 1.47 bits per heavy atom. The van der Waals surface area contributed by atoms with Crippen molar-refractivity contribution >= 4 is 5.91 Å². The standard InChI is InChI=1S/C12H15NO2/c1-15-11-5-4-8-6-10(12(13)14)3-2-9(8)7-11/h4-5,7,10H,2-3,6H2,1H3,(H2,13,14)/t10-/m0/s1. The van der Waals surface area contributed by atoms with E-state index in [0.717, 1.165) is 25.0 Å². The number of primary amides is 1. The van der Waals surface area contributed by atoms with Gasteiger partial charge in [0.25, 0.3) is 0 Å². The number of carbonyl (C=O) groups excluding carboxylic acids is 1. The molecule has 2 N–H and O–H groups in total. The van der Waals surface area contributed by atoms with Gasteiger partial charge in [0.05, 0.1) is 7.11 Å². The van der Waals surface area contributed by atoms with E-state index in [2.05, 4.69) is 0 Å². The molecule has 1 amide bonds. The third-order valence-corrected chi connectivity index (χ3v) is 3.04. The first-order valence-corrected chi connectivity index (χ1v) is 5.16. The van der Waals surface area contributed by atoms with Crippen LogP contribution < -0.4 is 10.5 Å². The summed E-state index contributed by atoms with van der Waals surface area (Å²) < 4.78 is 5.16. The second kappa shape index (κ2) is 3.93. The number of fused-ring (bicyclic) bond motifs is 1. The molecule has 0 aromatic heterocycles. The molecule has 3 nitrogen and oxygen atoms in total. The molecule has 0 fully saturated rings. The molecule has 0 saturated heterocycles. The quantitative estimate of drug-likeness (QED) is 0.790. The van der Waals surface area contributed by atoms with Crippen molar-refractivity contribution in [2.75, 3.05) is 7.11 Å². The van der Waals surface area contributed by atoms with Gasteiger partial charge < -0.3 is 10.5 Å². The predicted octanol–water partition coefficient (Wildman–Crippen LogP) is 1.29. The third kappa shape index (κ3) is 1.96. The predicted molar refractivity (Wildman–Crippen MR) is 57.7 cm³/mol. The zero-order valence-corrected chi connectivity index (χ0v) is 8.82. The minimum absolute atomic E-state index is 0.00546. The summed E-state index contributed by atoms with van der Waals surface area (Å²) in [4.78, 5) is 11.1. The summed E-state index contributed by atoms with van der Waals surface area (Å²) in [6, 6.07) is 6.01. The fraction of sp³-hybridized carbons (Fsp3) is 0.417. The lowest BCUT2D eigenvalue weighted by Crippen LogP contribution is -2.28. The lowest BCUT2D eigenvalue weighted by molar-refractivity contribution is -0.122. The zero-order valence-electron chi connectivity index (χ0n) is 8.82. The van der Waals surface area contributed by atoms with E-state index in [0.29, 0.717) is 0 Å². The number of ether oxygens (including phenoxy) is 1. The number of carbonyl (C=O) groups is 1. The van der Waals surface area contributed by atoms with Gasteiger partial charge in [-0.25, -0.2) is 0 Å². The molecule has 1 aliphatic carbocycles. The monoisotopic (exact) mass is 205 g/mol. The summed E-state index contributed by atoms with van der Waals surface area (Å²) in [5.74, 6) is 0.702. The molecule has 2 rings (SSSR count). The second-order valence-electron chi connectivity index (χ2n) is 3.98. The molecule has 3 heteroatoms. The highest BCUT2D eigenvalue weighted by Crippen LogP contribution is 2.28. The molecule has 0 unspecified atom stereocenters. The molecule has 0 saturated carbocycles. The Labute approximate surface area is 89.2 Å². The minimum Gasteiger partial charge on any atom is -0.497 e. The highest BCUT2D eigenvalue weighted by atomic mass is 16.5. The Bertz CT molecular complexity index is 387. The maximum Gasteiger partial charge on any atom is 0.220 e. The number of hydrogen-bond acceptors (Lipinski definition) is 2. The fourth-order valence-corrected chi connectivity index (χ4v) is 2.10. The smallest absolute Gasteiger partial charge is 0.220 e. The summed E-state index contributed by atoms with van der Waals surface area (Å²) in [6.07, 6.45) is 2.55. The van der Waals surface area contributed by atoms with Gasteiger partial charge in [-0.3, -0.25) is 4.79 Å². The zero-order chi connectivity index (χ0) is 10.8. The molecule has 0 bridgehead atoms. The summed E-state index contributed by atoms with van der Waals surface area (Å²) in [7, 11) is 1.66. The highest BCUT2D eigenvalue weighted by Gasteiger charge is 2.22. The van der Waals surface area contributed by atoms with E-state index in [1.165, 1.54) is 11.1 Å². The molecule has 1 aromatic rings. The summed E-state index contributed by atoms with van der Waals surface area (Å²) in [6.45, 7) is 0. The molecule has 1 atom stereocenters. The van der Waals surface area contributed by atoms with Gasteiger partial charge in [0, 0.05) is 5.92 Å². The van der Waals surface area contributed by atoms with Crippen molar-refractivity contribution in [1.82, 2.24) is 0 Å². The van der Waals surface area contributed by atoms with Crippen LogP contribution in [-0.2, 0) is 17.6 Å². The Morgan fingerprint density at radius 2 is 2.27 bits per heavy atom. The fourth-order valence-electron chi connectivity index (χ4n) is 2.10. The summed E-state index contributed by atoms with van der Waals surface area (Å²) in [5, 5.41) is 0. The third-order valence-electron chi connectivity index (χ3n) is 3.04. The Kier molecular flexibility index (Phi) is 2.62. The van der Waals surface area contributed by atoms with Crippen LogP contribution in [0.2, 0.25) is 0 Å². The largest absolute Gasteiger partial charge is 0.497 e. The van der Waals surface area contributed by atoms with Gasteiger partial charge in [-0.1, -0.05) is 6.07 Å². The number of nitrogens with two attached hydrogens (primary N) is 1.